The average molecular weight is 724 g/mol. The molecule has 0 spiro atoms. The predicted octanol–water partition coefficient (Wildman–Crippen LogP) is 9.56. The van der Waals surface area contributed by atoms with E-state index in [1.54, 1.807) is 12.3 Å². The highest BCUT2D eigenvalue weighted by atomic mass is 35.5. The van der Waals surface area contributed by atoms with Crippen LogP contribution in [0.4, 0.5) is 29.2 Å². The summed E-state index contributed by atoms with van der Waals surface area (Å²) in [6.45, 7) is 10.1. The van der Waals surface area contributed by atoms with Gasteiger partial charge in [0.15, 0.2) is 0 Å². The van der Waals surface area contributed by atoms with Crippen LogP contribution in [0.25, 0.3) is 0 Å². The van der Waals surface area contributed by atoms with Gasteiger partial charge in [-0.05, 0) is 87.9 Å². The fourth-order valence-electron chi connectivity index (χ4n) is 6.16. The number of rotatable bonds is 14. The number of halogens is 2. The van der Waals surface area contributed by atoms with Crippen LogP contribution in [-0.4, -0.2) is 47.3 Å². The molecule has 1 aliphatic rings. The number of aromatic nitrogens is 3. The standard InChI is InChI=1S/C40H44Cl2N8O/c1-4-49(5-2)35-18-14-31(37(25-35)51-27-32-13-15-33(41)24-36(32)42)26-43-48-39-45-38(44-34-16-11-28(3)12-17-34)46-40(47-39)50-21-19-30(20-22-50)23-29-9-7-6-8-10-29/h6-18,24-26,30H,4-5,19-23,27H2,1-3H3,(H2,44,45,46,47,48)/b43-26-. The van der Waals surface area contributed by atoms with Crippen LogP contribution in [-0.2, 0) is 13.0 Å². The number of hydrazone groups is 1. The van der Waals surface area contributed by atoms with E-state index in [0.29, 0.717) is 39.6 Å². The van der Waals surface area contributed by atoms with Crippen molar-refractivity contribution in [3.8, 4) is 5.75 Å². The maximum atomic E-state index is 6.46. The molecule has 1 aliphatic heterocycles. The molecule has 0 saturated carbocycles. The smallest absolute Gasteiger partial charge is 0.250 e. The normalized spacial score (nSPS) is 13.4. The second-order valence-electron chi connectivity index (χ2n) is 12.7. The number of nitrogens with one attached hydrogen (secondary N) is 2. The number of anilines is 5. The van der Waals surface area contributed by atoms with Gasteiger partial charge in [0.2, 0.25) is 17.8 Å². The summed E-state index contributed by atoms with van der Waals surface area (Å²) in [7, 11) is 0. The SMILES string of the molecule is CCN(CC)c1ccc(/C=N\Nc2nc(Nc3ccc(C)cc3)nc(N3CCC(Cc4ccccc4)CC3)n2)c(OCc2ccc(Cl)cc2Cl)c1. The van der Waals surface area contributed by atoms with Crippen LogP contribution in [0.1, 0.15) is 48.9 Å². The van der Waals surface area contributed by atoms with Gasteiger partial charge in [-0.15, -0.1) is 0 Å². The van der Waals surface area contributed by atoms with Crippen LogP contribution in [0.3, 0.4) is 0 Å². The van der Waals surface area contributed by atoms with Crippen molar-refractivity contribution in [3.05, 3.63) is 123 Å². The summed E-state index contributed by atoms with van der Waals surface area (Å²) < 4.78 is 6.33. The van der Waals surface area contributed by atoms with E-state index in [1.807, 2.05) is 36.4 Å². The van der Waals surface area contributed by atoms with Crippen molar-refractivity contribution in [3.63, 3.8) is 0 Å². The Morgan fingerprint density at radius 2 is 1.63 bits per heavy atom. The van der Waals surface area contributed by atoms with Crippen molar-refractivity contribution >= 4 is 58.6 Å². The Balaban J connectivity index is 1.22. The highest BCUT2D eigenvalue weighted by Crippen LogP contribution is 2.29. The zero-order valence-corrected chi connectivity index (χ0v) is 30.8. The molecule has 2 N–H and O–H groups in total. The van der Waals surface area contributed by atoms with Crippen LogP contribution >= 0.6 is 23.2 Å². The number of nitrogens with zero attached hydrogens (tertiary/aromatic N) is 6. The zero-order chi connectivity index (χ0) is 35.6. The van der Waals surface area contributed by atoms with E-state index >= 15 is 0 Å². The van der Waals surface area contributed by atoms with E-state index in [-0.39, 0.29) is 6.61 Å². The third-order valence-corrected chi connectivity index (χ3v) is 9.68. The van der Waals surface area contributed by atoms with E-state index in [4.69, 9.17) is 37.9 Å². The Labute approximate surface area is 310 Å². The first-order valence-electron chi connectivity index (χ1n) is 17.5. The summed E-state index contributed by atoms with van der Waals surface area (Å²) in [5, 5.41) is 9.06. The summed E-state index contributed by atoms with van der Waals surface area (Å²) >= 11 is 12.6. The molecule has 4 aromatic carbocycles. The number of ether oxygens (including phenoxy) is 1. The maximum absolute atomic E-state index is 6.46. The van der Waals surface area contributed by atoms with Gasteiger partial charge in [0.25, 0.3) is 0 Å². The Kier molecular flexibility index (Phi) is 12.2. The molecule has 264 valence electrons. The summed E-state index contributed by atoms with van der Waals surface area (Å²) in [5.74, 6) is 2.70. The number of benzene rings is 4. The van der Waals surface area contributed by atoms with Crippen molar-refractivity contribution in [2.45, 2.75) is 46.6 Å². The topological polar surface area (TPSA) is 90.8 Å². The molecule has 11 heteroatoms. The molecule has 0 bridgehead atoms. The number of aryl methyl sites for hydroxylation is 1. The van der Waals surface area contributed by atoms with Gasteiger partial charge < -0.3 is 19.9 Å². The van der Waals surface area contributed by atoms with Crippen LogP contribution in [0, 0.1) is 12.8 Å². The van der Waals surface area contributed by atoms with E-state index in [9.17, 15) is 0 Å². The lowest BCUT2D eigenvalue weighted by Crippen LogP contribution is -2.35. The fourth-order valence-corrected chi connectivity index (χ4v) is 6.62. The highest BCUT2D eigenvalue weighted by molar-refractivity contribution is 6.35. The van der Waals surface area contributed by atoms with Gasteiger partial charge in [-0.25, -0.2) is 5.43 Å². The second-order valence-corrected chi connectivity index (χ2v) is 13.5. The molecule has 0 aliphatic carbocycles. The zero-order valence-electron chi connectivity index (χ0n) is 29.3. The Bertz CT molecular complexity index is 1910. The Morgan fingerprint density at radius 3 is 2.35 bits per heavy atom. The van der Waals surface area contributed by atoms with Gasteiger partial charge in [0.1, 0.15) is 12.4 Å². The minimum Gasteiger partial charge on any atom is -0.488 e. The largest absolute Gasteiger partial charge is 0.488 e. The molecule has 1 saturated heterocycles. The summed E-state index contributed by atoms with van der Waals surface area (Å²) in [5.41, 5.74) is 9.21. The van der Waals surface area contributed by atoms with E-state index < -0.39 is 0 Å². The van der Waals surface area contributed by atoms with Gasteiger partial charge >= 0.3 is 0 Å². The van der Waals surface area contributed by atoms with E-state index in [0.717, 1.165) is 67.9 Å². The Morgan fingerprint density at radius 1 is 0.882 bits per heavy atom. The van der Waals surface area contributed by atoms with Gasteiger partial charge in [0, 0.05) is 64.8 Å². The maximum Gasteiger partial charge on any atom is 0.250 e. The molecule has 0 radical (unpaired) electrons. The molecule has 0 atom stereocenters. The highest BCUT2D eigenvalue weighted by Gasteiger charge is 2.23. The van der Waals surface area contributed by atoms with Crippen LogP contribution in [0.15, 0.2) is 96.1 Å². The molecule has 6 rings (SSSR count). The van der Waals surface area contributed by atoms with Crippen LogP contribution < -0.4 is 25.3 Å². The van der Waals surface area contributed by atoms with Crippen molar-refractivity contribution in [2.24, 2.45) is 11.0 Å². The molecule has 1 fully saturated rings. The van der Waals surface area contributed by atoms with E-state index in [2.05, 4.69) is 99.9 Å². The molecule has 2 heterocycles. The fraction of sp³-hybridized carbons (Fsp3) is 0.300. The van der Waals surface area contributed by atoms with Gasteiger partial charge in [0.05, 0.1) is 6.21 Å². The first-order chi connectivity index (χ1) is 24.9. The third kappa shape index (κ3) is 9.90. The number of hydrogen-bond acceptors (Lipinski definition) is 9. The van der Waals surface area contributed by atoms with Gasteiger partial charge in [-0.1, -0.05) is 77.3 Å². The summed E-state index contributed by atoms with van der Waals surface area (Å²) in [4.78, 5) is 18.8. The first-order valence-corrected chi connectivity index (χ1v) is 18.3. The van der Waals surface area contributed by atoms with Gasteiger partial charge in [-0.2, -0.15) is 20.1 Å². The minimum atomic E-state index is 0.277. The summed E-state index contributed by atoms with van der Waals surface area (Å²) in [6.07, 6.45) is 4.93. The van der Waals surface area contributed by atoms with E-state index in [1.165, 1.54) is 11.1 Å². The molecular weight excluding hydrogens is 679 g/mol. The van der Waals surface area contributed by atoms with Crippen molar-refractivity contribution in [1.82, 2.24) is 15.0 Å². The second kappa shape index (κ2) is 17.4. The molecule has 0 unspecified atom stereocenters. The van der Waals surface area contributed by atoms with Gasteiger partial charge in [-0.3, -0.25) is 0 Å². The van der Waals surface area contributed by atoms with Crippen LogP contribution in [0.5, 0.6) is 5.75 Å². The van der Waals surface area contributed by atoms with Crippen molar-refractivity contribution in [2.75, 3.05) is 46.7 Å². The molecule has 1 aromatic heterocycles. The van der Waals surface area contributed by atoms with Crippen LogP contribution in [0.2, 0.25) is 10.0 Å². The van der Waals surface area contributed by atoms with Crippen molar-refractivity contribution in [1.29, 1.82) is 0 Å². The lowest BCUT2D eigenvalue weighted by atomic mass is 9.90. The Hall–Kier alpha value is -4.86. The predicted molar refractivity (Wildman–Crippen MR) is 211 cm³/mol. The van der Waals surface area contributed by atoms with Crippen molar-refractivity contribution < 1.29 is 4.74 Å². The quantitative estimate of drug-likeness (QED) is 0.0865. The number of piperidine rings is 1. The third-order valence-electron chi connectivity index (χ3n) is 9.09. The molecular formula is C40H44Cl2N8O. The minimum absolute atomic E-state index is 0.277. The lowest BCUT2D eigenvalue weighted by Gasteiger charge is -2.32. The monoisotopic (exact) mass is 722 g/mol. The molecule has 0 amide bonds. The first kappa shape index (κ1) is 35.9. The average Bonchev–Trinajstić information content (AvgIpc) is 3.14. The molecule has 9 nitrogen and oxygen atoms in total. The summed E-state index contributed by atoms with van der Waals surface area (Å²) in [6, 6.07) is 30.4. The lowest BCUT2D eigenvalue weighted by molar-refractivity contribution is 0.306. The molecule has 51 heavy (non-hydrogen) atoms. The number of hydrogen-bond donors (Lipinski definition) is 2. The molecule has 5 aromatic rings.